The number of amides is 1. The van der Waals surface area contributed by atoms with Crippen LogP contribution in [0.5, 0.6) is 5.75 Å². The second-order valence-electron chi connectivity index (χ2n) is 6.16. The lowest BCUT2D eigenvalue weighted by molar-refractivity contribution is -0.149. The van der Waals surface area contributed by atoms with E-state index >= 15 is 0 Å². The standard InChI is InChI=1S/C18H26N2O6S/c1-4-19-17(21)14-6-7-15(25-3)16(12-14)27(23,24)20-10-8-13(9-11-20)18(22)26-5-2/h6-7,12-13H,4-5,8-11H2,1-3H3,(H,19,21). The van der Waals surface area contributed by atoms with Crippen LogP contribution in [0.1, 0.15) is 37.0 Å². The number of hydrogen-bond acceptors (Lipinski definition) is 6. The number of piperidine rings is 1. The van der Waals surface area contributed by atoms with Gasteiger partial charge in [-0.1, -0.05) is 0 Å². The maximum Gasteiger partial charge on any atom is 0.309 e. The normalized spacial score (nSPS) is 16.0. The van der Waals surface area contributed by atoms with Gasteiger partial charge in [0.1, 0.15) is 10.6 Å². The van der Waals surface area contributed by atoms with Crippen molar-refractivity contribution in [3.8, 4) is 5.75 Å². The third-order valence-corrected chi connectivity index (χ3v) is 6.37. The number of rotatable bonds is 7. The molecule has 0 unspecified atom stereocenters. The number of nitrogens with one attached hydrogen (secondary N) is 1. The highest BCUT2D eigenvalue weighted by Crippen LogP contribution is 2.31. The topological polar surface area (TPSA) is 102 Å². The number of methoxy groups -OCH3 is 1. The molecule has 0 atom stereocenters. The SMILES string of the molecule is CCNC(=O)c1ccc(OC)c(S(=O)(=O)N2CCC(C(=O)OCC)CC2)c1. The summed E-state index contributed by atoms with van der Waals surface area (Å²) in [6.07, 6.45) is 0.798. The third-order valence-electron chi connectivity index (χ3n) is 4.45. The van der Waals surface area contributed by atoms with Gasteiger partial charge in [-0.05, 0) is 44.9 Å². The minimum Gasteiger partial charge on any atom is -0.495 e. The number of ether oxygens (including phenoxy) is 2. The quantitative estimate of drug-likeness (QED) is 0.697. The Morgan fingerprint density at radius 2 is 1.89 bits per heavy atom. The molecule has 8 nitrogen and oxygen atoms in total. The van der Waals surface area contributed by atoms with Crippen molar-refractivity contribution in [2.75, 3.05) is 33.4 Å². The Morgan fingerprint density at radius 1 is 1.22 bits per heavy atom. The van der Waals surface area contributed by atoms with Crippen molar-refractivity contribution in [2.45, 2.75) is 31.6 Å². The first kappa shape index (κ1) is 21.2. The zero-order valence-electron chi connectivity index (χ0n) is 15.9. The summed E-state index contributed by atoms with van der Waals surface area (Å²) >= 11 is 0. The zero-order chi connectivity index (χ0) is 20.0. The molecule has 0 bridgehead atoms. The molecule has 1 heterocycles. The summed E-state index contributed by atoms with van der Waals surface area (Å²) in [4.78, 5) is 23.9. The molecular formula is C18H26N2O6S. The van der Waals surface area contributed by atoms with Gasteiger partial charge in [0, 0.05) is 25.2 Å². The smallest absolute Gasteiger partial charge is 0.309 e. The predicted molar refractivity (Wildman–Crippen MR) is 99.1 cm³/mol. The second kappa shape index (κ2) is 9.18. The molecule has 2 rings (SSSR count). The van der Waals surface area contributed by atoms with Gasteiger partial charge < -0.3 is 14.8 Å². The van der Waals surface area contributed by atoms with Crippen molar-refractivity contribution < 1.29 is 27.5 Å². The van der Waals surface area contributed by atoms with E-state index in [9.17, 15) is 18.0 Å². The van der Waals surface area contributed by atoms with E-state index < -0.39 is 10.0 Å². The minimum atomic E-state index is -3.86. The zero-order valence-corrected chi connectivity index (χ0v) is 16.7. The van der Waals surface area contributed by atoms with Crippen molar-refractivity contribution in [3.63, 3.8) is 0 Å². The largest absolute Gasteiger partial charge is 0.495 e. The maximum atomic E-state index is 13.1. The fourth-order valence-electron chi connectivity index (χ4n) is 3.01. The van der Waals surface area contributed by atoms with Crippen LogP contribution < -0.4 is 10.1 Å². The maximum absolute atomic E-state index is 13.1. The average molecular weight is 398 g/mol. The highest BCUT2D eigenvalue weighted by atomic mass is 32.2. The molecule has 9 heteroatoms. The average Bonchev–Trinajstić information content (AvgIpc) is 2.68. The number of benzene rings is 1. The number of carbonyl (C=O) groups is 2. The molecule has 1 aromatic carbocycles. The van der Waals surface area contributed by atoms with Gasteiger partial charge in [0.05, 0.1) is 19.6 Å². The van der Waals surface area contributed by atoms with Crippen LogP contribution in [0.15, 0.2) is 23.1 Å². The fourth-order valence-corrected chi connectivity index (χ4v) is 4.66. The number of esters is 1. The summed E-state index contributed by atoms with van der Waals surface area (Å²) in [5.74, 6) is -0.751. The first-order valence-corrected chi connectivity index (χ1v) is 10.4. The molecule has 1 amide bonds. The molecule has 0 aromatic heterocycles. The molecule has 1 aromatic rings. The molecule has 1 N–H and O–H groups in total. The Labute approximate surface area is 159 Å². The second-order valence-corrected chi connectivity index (χ2v) is 8.06. The van der Waals surface area contributed by atoms with Crippen LogP contribution in [0.25, 0.3) is 0 Å². The Morgan fingerprint density at radius 3 is 2.44 bits per heavy atom. The van der Waals surface area contributed by atoms with E-state index in [0.717, 1.165) is 0 Å². The molecule has 1 aliphatic heterocycles. The number of carbonyl (C=O) groups excluding carboxylic acids is 2. The molecule has 27 heavy (non-hydrogen) atoms. The molecule has 1 saturated heterocycles. The summed E-state index contributed by atoms with van der Waals surface area (Å²) in [6, 6.07) is 4.33. The minimum absolute atomic E-state index is 0.0525. The molecule has 0 radical (unpaired) electrons. The predicted octanol–water partition coefficient (Wildman–Crippen LogP) is 1.41. The Bertz CT molecular complexity index is 785. The first-order valence-electron chi connectivity index (χ1n) is 8.98. The lowest BCUT2D eigenvalue weighted by Crippen LogP contribution is -2.40. The van der Waals surface area contributed by atoms with Gasteiger partial charge in [0.2, 0.25) is 10.0 Å². The van der Waals surface area contributed by atoms with Crippen LogP contribution in [0.4, 0.5) is 0 Å². The van der Waals surface area contributed by atoms with Crippen LogP contribution >= 0.6 is 0 Å². The molecule has 0 saturated carbocycles. The van der Waals surface area contributed by atoms with Gasteiger partial charge in [-0.2, -0.15) is 4.31 Å². The van der Waals surface area contributed by atoms with Crippen LogP contribution in [0.3, 0.4) is 0 Å². The highest BCUT2D eigenvalue weighted by Gasteiger charge is 2.34. The van der Waals surface area contributed by atoms with E-state index in [0.29, 0.717) is 26.0 Å². The van der Waals surface area contributed by atoms with Crippen LogP contribution in [-0.2, 0) is 19.6 Å². The number of nitrogens with zero attached hydrogens (tertiary/aromatic N) is 1. The van der Waals surface area contributed by atoms with Crippen molar-refractivity contribution in [2.24, 2.45) is 5.92 Å². The lowest BCUT2D eigenvalue weighted by atomic mass is 9.98. The monoisotopic (exact) mass is 398 g/mol. The molecule has 150 valence electrons. The van der Waals surface area contributed by atoms with Crippen LogP contribution in [-0.4, -0.2) is 58.0 Å². The van der Waals surface area contributed by atoms with E-state index in [4.69, 9.17) is 9.47 Å². The van der Waals surface area contributed by atoms with Gasteiger partial charge in [-0.25, -0.2) is 8.42 Å². The third kappa shape index (κ3) is 4.78. The van der Waals surface area contributed by atoms with Crippen molar-refractivity contribution in [3.05, 3.63) is 23.8 Å². The van der Waals surface area contributed by atoms with Gasteiger partial charge in [0.25, 0.3) is 5.91 Å². The van der Waals surface area contributed by atoms with Crippen LogP contribution in [0.2, 0.25) is 0 Å². The molecule has 1 aliphatic rings. The summed E-state index contributed by atoms with van der Waals surface area (Å²) in [6.45, 7) is 4.69. The molecule has 1 fully saturated rings. The van der Waals surface area contributed by atoms with Crippen LogP contribution in [0, 0.1) is 5.92 Å². The van der Waals surface area contributed by atoms with Crippen molar-refractivity contribution in [1.29, 1.82) is 0 Å². The molecular weight excluding hydrogens is 372 g/mol. The van der Waals surface area contributed by atoms with Gasteiger partial charge >= 0.3 is 5.97 Å². The number of sulfonamides is 1. The summed E-state index contributed by atoms with van der Waals surface area (Å²) in [5, 5.41) is 2.65. The highest BCUT2D eigenvalue weighted by molar-refractivity contribution is 7.89. The van der Waals surface area contributed by atoms with Gasteiger partial charge in [0.15, 0.2) is 0 Å². The Hall–Kier alpha value is -2.13. The Balaban J connectivity index is 2.24. The summed E-state index contributed by atoms with van der Waals surface area (Å²) < 4.78 is 37.7. The molecule has 0 spiro atoms. The van der Waals surface area contributed by atoms with E-state index in [1.165, 1.54) is 29.6 Å². The fraction of sp³-hybridized carbons (Fsp3) is 0.556. The van der Waals surface area contributed by atoms with E-state index in [1.807, 2.05) is 0 Å². The van der Waals surface area contributed by atoms with Crippen molar-refractivity contribution >= 4 is 21.9 Å². The molecule has 0 aliphatic carbocycles. The first-order chi connectivity index (χ1) is 12.8. The van der Waals surface area contributed by atoms with Gasteiger partial charge in [-0.15, -0.1) is 0 Å². The van der Waals surface area contributed by atoms with Gasteiger partial charge in [-0.3, -0.25) is 9.59 Å². The van der Waals surface area contributed by atoms with E-state index in [-0.39, 0.29) is 47.1 Å². The Kier molecular flexibility index (Phi) is 7.20. The number of hydrogen-bond donors (Lipinski definition) is 1. The summed E-state index contributed by atoms with van der Waals surface area (Å²) in [7, 11) is -2.48. The lowest BCUT2D eigenvalue weighted by Gasteiger charge is -2.30. The van der Waals surface area contributed by atoms with E-state index in [1.54, 1.807) is 13.8 Å². The van der Waals surface area contributed by atoms with Crippen molar-refractivity contribution in [1.82, 2.24) is 9.62 Å². The van der Waals surface area contributed by atoms with E-state index in [2.05, 4.69) is 5.32 Å². The summed E-state index contributed by atoms with van der Waals surface area (Å²) in [5.41, 5.74) is 0.248.